The molecule has 29 heavy (non-hydrogen) atoms. The van der Waals surface area contributed by atoms with Gasteiger partial charge in [-0.3, -0.25) is 4.79 Å². The molecule has 2 aromatic carbocycles. The van der Waals surface area contributed by atoms with E-state index in [1.807, 2.05) is 24.3 Å². The van der Waals surface area contributed by atoms with Crippen molar-refractivity contribution in [1.82, 2.24) is 5.32 Å². The highest BCUT2D eigenvalue weighted by Crippen LogP contribution is 2.23. The Bertz CT molecular complexity index is 820. The molecule has 2 rings (SSSR count). The van der Waals surface area contributed by atoms with E-state index < -0.39 is 30.1 Å². The molecule has 0 bridgehead atoms. The summed E-state index contributed by atoms with van der Waals surface area (Å²) in [7, 11) is 1.57. The van der Waals surface area contributed by atoms with Gasteiger partial charge in [-0.05, 0) is 55.3 Å². The minimum Gasteiger partial charge on any atom is -0.497 e. The highest BCUT2D eigenvalue weighted by Gasteiger charge is 2.31. The molecule has 1 N–H and O–H groups in total. The summed E-state index contributed by atoms with van der Waals surface area (Å²) < 4.78 is 50.3. The molecule has 0 saturated carbocycles. The van der Waals surface area contributed by atoms with Gasteiger partial charge < -0.3 is 19.5 Å². The number of benzene rings is 2. The number of rotatable bonds is 8. The average Bonchev–Trinajstić information content (AvgIpc) is 2.67. The molecule has 156 valence electrons. The minimum atomic E-state index is -4.82. The highest BCUT2D eigenvalue weighted by molar-refractivity contribution is 5.92. The molecule has 0 aromatic heterocycles. The van der Waals surface area contributed by atoms with Crippen molar-refractivity contribution in [3.8, 4) is 11.5 Å². The van der Waals surface area contributed by atoms with Crippen molar-refractivity contribution in [1.29, 1.82) is 0 Å². The number of carbonyl (C=O) groups is 2. The first-order chi connectivity index (χ1) is 13.7. The largest absolute Gasteiger partial charge is 0.573 e. The maximum absolute atomic E-state index is 12.1. The van der Waals surface area contributed by atoms with Crippen molar-refractivity contribution < 1.29 is 37.0 Å². The normalized spacial score (nSPS) is 12.0. The Morgan fingerprint density at radius 2 is 1.59 bits per heavy atom. The number of ether oxygens (including phenoxy) is 3. The van der Waals surface area contributed by atoms with Crippen LogP contribution in [0, 0.1) is 0 Å². The van der Waals surface area contributed by atoms with E-state index in [1.54, 1.807) is 7.11 Å². The summed E-state index contributed by atoms with van der Waals surface area (Å²) in [6.45, 7) is 1.75. The van der Waals surface area contributed by atoms with E-state index in [0.29, 0.717) is 13.0 Å². The van der Waals surface area contributed by atoms with Crippen LogP contribution in [0.4, 0.5) is 13.2 Å². The third-order valence-electron chi connectivity index (χ3n) is 3.85. The number of hydrogen-bond donors (Lipinski definition) is 1. The lowest BCUT2D eigenvalue weighted by Gasteiger charge is -2.14. The van der Waals surface area contributed by atoms with Gasteiger partial charge in [-0.15, -0.1) is 13.2 Å². The summed E-state index contributed by atoms with van der Waals surface area (Å²) in [4.78, 5) is 24.1. The Morgan fingerprint density at radius 3 is 2.14 bits per heavy atom. The summed E-state index contributed by atoms with van der Waals surface area (Å²) >= 11 is 0. The number of nitrogens with one attached hydrogen (secondary N) is 1. The van der Waals surface area contributed by atoms with E-state index in [9.17, 15) is 22.8 Å². The topological polar surface area (TPSA) is 73.9 Å². The summed E-state index contributed by atoms with van der Waals surface area (Å²) in [6.07, 6.45) is -5.30. The van der Waals surface area contributed by atoms with E-state index in [1.165, 1.54) is 6.92 Å². The van der Waals surface area contributed by atoms with Crippen LogP contribution >= 0.6 is 0 Å². The van der Waals surface area contributed by atoms with E-state index in [4.69, 9.17) is 9.47 Å². The maximum Gasteiger partial charge on any atom is 0.573 e. The van der Waals surface area contributed by atoms with Crippen LogP contribution < -0.4 is 14.8 Å². The number of methoxy groups -OCH3 is 1. The minimum absolute atomic E-state index is 0.00240. The van der Waals surface area contributed by atoms with Crippen molar-refractivity contribution in [2.75, 3.05) is 13.7 Å². The molecule has 0 fully saturated rings. The molecule has 0 radical (unpaired) electrons. The van der Waals surface area contributed by atoms with Gasteiger partial charge in [0.05, 0.1) is 12.7 Å². The maximum atomic E-state index is 12.1. The Morgan fingerprint density at radius 1 is 1.00 bits per heavy atom. The Hall–Kier alpha value is -3.23. The van der Waals surface area contributed by atoms with Crippen LogP contribution in [0.15, 0.2) is 48.5 Å². The first kappa shape index (κ1) is 22.1. The zero-order valence-electron chi connectivity index (χ0n) is 15.8. The van der Waals surface area contributed by atoms with Gasteiger partial charge in [-0.1, -0.05) is 12.1 Å². The number of halogens is 3. The fourth-order valence-electron chi connectivity index (χ4n) is 2.34. The molecular formula is C20H20F3NO5. The van der Waals surface area contributed by atoms with Crippen LogP contribution in [0.25, 0.3) is 0 Å². The predicted molar refractivity (Wildman–Crippen MR) is 97.7 cm³/mol. The molecule has 0 saturated heterocycles. The predicted octanol–water partition coefficient (Wildman–Crippen LogP) is 3.50. The molecular weight excluding hydrogens is 391 g/mol. The van der Waals surface area contributed by atoms with Crippen molar-refractivity contribution in [2.24, 2.45) is 0 Å². The van der Waals surface area contributed by atoms with Gasteiger partial charge in [0.25, 0.3) is 5.91 Å². The van der Waals surface area contributed by atoms with Gasteiger partial charge in [0, 0.05) is 6.54 Å². The van der Waals surface area contributed by atoms with Crippen molar-refractivity contribution in [3.05, 3.63) is 59.7 Å². The van der Waals surface area contributed by atoms with E-state index in [-0.39, 0.29) is 5.56 Å². The van der Waals surface area contributed by atoms with Crippen LogP contribution in [0.3, 0.4) is 0 Å². The van der Waals surface area contributed by atoms with Crippen LogP contribution in [0.2, 0.25) is 0 Å². The third-order valence-corrected chi connectivity index (χ3v) is 3.85. The monoisotopic (exact) mass is 411 g/mol. The molecule has 0 spiro atoms. The van der Waals surface area contributed by atoms with E-state index >= 15 is 0 Å². The summed E-state index contributed by atoms with van der Waals surface area (Å²) in [5, 5.41) is 2.66. The molecule has 1 amide bonds. The zero-order valence-corrected chi connectivity index (χ0v) is 15.8. The Balaban J connectivity index is 1.79. The number of hydrogen-bond acceptors (Lipinski definition) is 5. The standard InChI is InChI=1S/C20H20F3NO5/c1-13(18(25)24-12-11-14-3-7-16(27-2)8-4-14)28-19(26)15-5-9-17(10-6-15)29-20(21,22)23/h3-10,13H,11-12H2,1-2H3,(H,24,25)/t13-/m1/s1. The number of esters is 1. The molecule has 1 atom stereocenters. The summed E-state index contributed by atoms with van der Waals surface area (Å²) in [5.41, 5.74) is 0.995. The van der Waals surface area contributed by atoms with Crippen molar-refractivity contribution in [2.45, 2.75) is 25.8 Å². The smallest absolute Gasteiger partial charge is 0.497 e. The molecule has 0 aliphatic heterocycles. The van der Waals surface area contributed by atoms with Crippen LogP contribution in [0.5, 0.6) is 11.5 Å². The van der Waals surface area contributed by atoms with Gasteiger partial charge >= 0.3 is 12.3 Å². The summed E-state index contributed by atoms with van der Waals surface area (Å²) in [6, 6.07) is 11.6. The second kappa shape index (κ2) is 9.81. The first-order valence-corrected chi connectivity index (χ1v) is 8.65. The lowest BCUT2D eigenvalue weighted by molar-refractivity contribution is -0.274. The fourth-order valence-corrected chi connectivity index (χ4v) is 2.34. The van der Waals surface area contributed by atoms with Gasteiger partial charge in [0.2, 0.25) is 0 Å². The number of alkyl halides is 3. The first-order valence-electron chi connectivity index (χ1n) is 8.65. The van der Waals surface area contributed by atoms with E-state index in [0.717, 1.165) is 35.6 Å². The molecule has 2 aromatic rings. The lowest BCUT2D eigenvalue weighted by Crippen LogP contribution is -2.36. The van der Waals surface area contributed by atoms with E-state index in [2.05, 4.69) is 10.1 Å². The fraction of sp³-hybridized carbons (Fsp3) is 0.300. The van der Waals surface area contributed by atoms with Gasteiger partial charge in [-0.2, -0.15) is 0 Å². The van der Waals surface area contributed by atoms with Crippen molar-refractivity contribution >= 4 is 11.9 Å². The quantitative estimate of drug-likeness (QED) is 0.673. The number of carbonyl (C=O) groups excluding carboxylic acids is 2. The van der Waals surface area contributed by atoms with Gasteiger partial charge in [0.15, 0.2) is 6.10 Å². The second-order valence-electron chi connectivity index (χ2n) is 6.01. The van der Waals surface area contributed by atoms with Gasteiger partial charge in [-0.25, -0.2) is 4.79 Å². The Kier molecular flexibility index (Phi) is 7.46. The molecule has 9 heteroatoms. The molecule has 0 heterocycles. The molecule has 0 aliphatic carbocycles. The molecule has 6 nitrogen and oxygen atoms in total. The second-order valence-corrected chi connectivity index (χ2v) is 6.01. The van der Waals surface area contributed by atoms with Crippen LogP contribution in [0.1, 0.15) is 22.8 Å². The highest BCUT2D eigenvalue weighted by atomic mass is 19.4. The Labute approximate surface area is 165 Å². The SMILES string of the molecule is COc1ccc(CCNC(=O)[C@@H](C)OC(=O)c2ccc(OC(F)(F)F)cc2)cc1. The average molecular weight is 411 g/mol. The van der Waals surface area contributed by atoms with Crippen LogP contribution in [-0.2, 0) is 16.0 Å². The van der Waals surface area contributed by atoms with Gasteiger partial charge in [0.1, 0.15) is 11.5 Å². The summed E-state index contributed by atoms with van der Waals surface area (Å²) in [5.74, 6) is -1.04. The van der Waals surface area contributed by atoms with Crippen molar-refractivity contribution in [3.63, 3.8) is 0 Å². The molecule has 0 aliphatic rings. The van der Waals surface area contributed by atoms with Crippen LogP contribution in [-0.4, -0.2) is 38.0 Å². The number of amides is 1. The third kappa shape index (κ3) is 7.36. The zero-order chi connectivity index (χ0) is 21.4. The molecule has 0 unspecified atom stereocenters. The lowest BCUT2D eigenvalue weighted by atomic mass is 10.1.